The molecule has 0 bridgehead atoms. The maximum Gasteiger partial charge on any atom is 0.106 e. The lowest BCUT2D eigenvalue weighted by Gasteiger charge is -2.02. The van der Waals surface area contributed by atoms with E-state index in [0.717, 1.165) is 12.3 Å². The third-order valence-electron chi connectivity index (χ3n) is 2.29. The van der Waals surface area contributed by atoms with Crippen molar-refractivity contribution in [1.29, 1.82) is 0 Å². The lowest BCUT2D eigenvalue weighted by atomic mass is 10.1. The zero-order valence-corrected chi connectivity index (χ0v) is 8.18. The van der Waals surface area contributed by atoms with Crippen LogP contribution in [-0.4, -0.2) is 12.8 Å². The number of oxime groups is 1. The molecule has 1 aliphatic rings. The fraction of sp³-hybridized carbons (Fsp3) is 0.900. The van der Waals surface area contributed by atoms with E-state index in [1.807, 2.05) is 0 Å². The van der Waals surface area contributed by atoms with Crippen LogP contribution in [0.4, 0.5) is 0 Å². The number of hydrogen-bond acceptors (Lipinski definition) is 2. The predicted octanol–water partition coefficient (Wildman–Crippen LogP) is 2.98. The van der Waals surface area contributed by atoms with Gasteiger partial charge in [0, 0.05) is 5.92 Å². The molecule has 1 aliphatic carbocycles. The molecular weight excluding hydrogens is 150 g/mol. The molecule has 0 atom stereocenters. The van der Waals surface area contributed by atoms with E-state index in [1.165, 1.54) is 37.8 Å². The van der Waals surface area contributed by atoms with Crippen LogP contribution < -0.4 is 0 Å². The minimum absolute atomic E-state index is 0.766. The Morgan fingerprint density at radius 3 is 2.67 bits per heavy atom. The number of hydrogen-bond donors (Lipinski definition) is 0. The lowest BCUT2D eigenvalue weighted by molar-refractivity contribution is 0.211. The molecule has 0 spiro atoms. The van der Waals surface area contributed by atoms with E-state index < -0.39 is 0 Å². The third-order valence-corrected chi connectivity index (χ3v) is 2.29. The minimum atomic E-state index is 0.766. The fourth-order valence-electron chi connectivity index (χ4n) is 1.41. The molecule has 2 heteroatoms. The van der Waals surface area contributed by atoms with Gasteiger partial charge < -0.3 is 4.84 Å². The zero-order valence-electron chi connectivity index (χ0n) is 8.18. The van der Waals surface area contributed by atoms with Crippen LogP contribution in [0.2, 0.25) is 0 Å². The molecule has 1 saturated carbocycles. The standard InChI is InChI=1S/C10H19NO/c1-3-4-5-6-10(11-12-2)9-7-8-9/h9H,3-8H2,1-2H3. The van der Waals surface area contributed by atoms with E-state index in [4.69, 9.17) is 4.84 Å². The van der Waals surface area contributed by atoms with Crippen LogP contribution in [0.3, 0.4) is 0 Å². The highest BCUT2D eigenvalue weighted by Gasteiger charge is 2.27. The summed E-state index contributed by atoms with van der Waals surface area (Å²) in [5, 5.41) is 4.07. The summed E-state index contributed by atoms with van der Waals surface area (Å²) < 4.78 is 0. The molecule has 0 aromatic carbocycles. The van der Waals surface area contributed by atoms with Crippen LogP contribution in [0.1, 0.15) is 45.4 Å². The van der Waals surface area contributed by atoms with Gasteiger partial charge in [-0.05, 0) is 25.7 Å². The largest absolute Gasteiger partial charge is 0.399 e. The topological polar surface area (TPSA) is 21.6 Å². The molecule has 0 aromatic heterocycles. The van der Waals surface area contributed by atoms with Gasteiger partial charge in [0.1, 0.15) is 7.11 Å². The molecule has 0 aromatic rings. The quantitative estimate of drug-likeness (QED) is 0.340. The monoisotopic (exact) mass is 169 g/mol. The summed E-state index contributed by atoms with van der Waals surface area (Å²) in [6.07, 6.45) is 7.67. The average molecular weight is 169 g/mol. The second-order valence-electron chi connectivity index (χ2n) is 3.50. The Morgan fingerprint density at radius 1 is 1.42 bits per heavy atom. The van der Waals surface area contributed by atoms with Crippen LogP contribution in [0.25, 0.3) is 0 Å². The smallest absolute Gasteiger partial charge is 0.106 e. The summed E-state index contributed by atoms with van der Waals surface area (Å²) in [7, 11) is 1.64. The molecule has 0 unspecified atom stereocenters. The van der Waals surface area contributed by atoms with Crippen LogP contribution in [-0.2, 0) is 4.84 Å². The molecule has 70 valence electrons. The summed E-state index contributed by atoms with van der Waals surface area (Å²) in [6, 6.07) is 0. The van der Waals surface area contributed by atoms with Gasteiger partial charge in [-0.15, -0.1) is 0 Å². The first kappa shape index (κ1) is 9.56. The van der Waals surface area contributed by atoms with Gasteiger partial charge in [0.25, 0.3) is 0 Å². The van der Waals surface area contributed by atoms with Gasteiger partial charge in [-0.2, -0.15) is 0 Å². The van der Waals surface area contributed by atoms with Crippen LogP contribution in [0.5, 0.6) is 0 Å². The van der Waals surface area contributed by atoms with Crippen molar-refractivity contribution in [2.75, 3.05) is 7.11 Å². The van der Waals surface area contributed by atoms with Crippen molar-refractivity contribution in [3.63, 3.8) is 0 Å². The highest BCUT2D eigenvalue weighted by Crippen LogP contribution is 2.32. The molecule has 1 rings (SSSR count). The fourth-order valence-corrected chi connectivity index (χ4v) is 1.41. The van der Waals surface area contributed by atoms with Crippen molar-refractivity contribution in [1.82, 2.24) is 0 Å². The van der Waals surface area contributed by atoms with E-state index in [0.29, 0.717) is 0 Å². The molecule has 0 radical (unpaired) electrons. The van der Waals surface area contributed by atoms with E-state index in [1.54, 1.807) is 7.11 Å². The SMILES string of the molecule is CCCCCC(=NOC)C1CC1. The summed E-state index contributed by atoms with van der Waals surface area (Å²) in [5.41, 5.74) is 1.30. The zero-order chi connectivity index (χ0) is 8.81. The Morgan fingerprint density at radius 2 is 2.17 bits per heavy atom. The second kappa shape index (κ2) is 5.18. The first-order chi connectivity index (χ1) is 5.88. The van der Waals surface area contributed by atoms with E-state index >= 15 is 0 Å². The molecule has 0 heterocycles. The maximum atomic E-state index is 4.82. The maximum absolute atomic E-state index is 4.82. The first-order valence-electron chi connectivity index (χ1n) is 4.98. The second-order valence-corrected chi connectivity index (χ2v) is 3.50. The molecule has 2 nitrogen and oxygen atoms in total. The highest BCUT2D eigenvalue weighted by atomic mass is 16.6. The summed E-state index contributed by atoms with van der Waals surface area (Å²) in [5.74, 6) is 0.766. The van der Waals surface area contributed by atoms with Gasteiger partial charge in [-0.1, -0.05) is 24.9 Å². The van der Waals surface area contributed by atoms with Crippen molar-refractivity contribution < 1.29 is 4.84 Å². The van der Waals surface area contributed by atoms with Crippen molar-refractivity contribution in [2.24, 2.45) is 11.1 Å². The van der Waals surface area contributed by atoms with Crippen LogP contribution in [0, 0.1) is 5.92 Å². The Kier molecular flexibility index (Phi) is 4.12. The Bertz CT molecular complexity index is 150. The van der Waals surface area contributed by atoms with Crippen molar-refractivity contribution >= 4 is 5.71 Å². The van der Waals surface area contributed by atoms with Gasteiger partial charge in [0.2, 0.25) is 0 Å². The number of unbranched alkanes of at least 4 members (excludes halogenated alkanes) is 2. The van der Waals surface area contributed by atoms with E-state index in [9.17, 15) is 0 Å². The third kappa shape index (κ3) is 3.24. The summed E-state index contributed by atoms with van der Waals surface area (Å²) in [4.78, 5) is 4.82. The molecule has 1 fully saturated rings. The van der Waals surface area contributed by atoms with E-state index in [2.05, 4.69) is 12.1 Å². The van der Waals surface area contributed by atoms with Crippen molar-refractivity contribution in [3.8, 4) is 0 Å². The molecule has 12 heavy (non-hydrogen) atoms. The van der Waals surface area contributed by atoms with Crippen LogP contribution in [0.15, 0.2) is 5.16 Å². The number of nitrogens with zero attached hydrogens (tertiary/aromatic N) is 1. The van der Waals surface area contributed by atoms with Crippen molar-refractivity contribution in [3.05, 3.63) is 0 Å². The molecular formula is C10H19NO. The predicted molar refractivity (Wildman–Crippen MR) is 51.3 cm³/mol. The Balaban J connectivity index is 2.19. The number of rotatable bonds is 6. The molecule has 0 saturated heterocycles. The average Bonchev–Trinajstić information content (AvgIpc) is 2.86. The Labute approximate surface area is 75.0 Å². The van der Waals surface area contributed by atoms with Crippen molar-refractivity contribution in [2.45, 2.75) is 45.4 Å². The first-order valence-corrected chi connectivity index (χ1v) is 4.98. The highest BCUT2D eigenvalue weighted by molar-refractivity contribution is 5.88. The van der Waals surface area contributed by atoms with E-state index in [-0.39, 0.29) is 0 Å². The summed E-state index contributed by atoms with van der Waals surface area (Å²) in [6.45, 7) is 2.23. The minimum Gasteiger partial charge on any atom is -0.399 e. The normalized spacial score (nSPS) is 18.0. The van der Waals surface area contributed by atoms with Gasteiger partial charge in [0.05, 0.1) is 5.71 Å². The lowest BCUT2D eigenvalue weighted by Crippen LogP contribution is -2.01. The van der Waals surface area contributed by atoms with Gasteiger partial charge in [-0.3, -0.25) is 0 Å². The van der Waals surface area contributed by atoms with Gasteiger partial charge in [0.15, 0.2) is 0 Å². The molecule has 0 amide bonds. The summed E-state index contributed by atoms with van der Waals surface area (Å²) >= 11 is 0. The van der Waals surface area contributed by atoms with Gasteiger partial charge >= 0.3 is 0 Å². The van der Waals surface area contributed by atoms with Crippen LogP contribution >= 0.6 is 0 Å². The molecule has 0 aliphatic heterocycles. The molecule has 0 N–H and O–H groups in total. The Hall–Kier alpha value is -0.530. The van der Waals surface area contributed by atoms with Gasteiger partial charge in [-0.25, -0.2) is 0 Å².